The molecule has 0 saturated carbocycles. The Kier molecular flexibility index (Phi) is 6.03. The predicted octanol–water partition coefficient (Wildman–Crippen LogP) is 4.61. The minimum absolute atomic E-state index is 0.00122. The molecule has 172 valence electrons. The number of phenolic OH excluding ortho intramolecular Hbond substituents is 1. The van der Waals surface area contributed by atoms with E-state index in [0.717, 1.165) is 45.5 Å². The van der Waals surface area contributed by atoms with Crippen molar-refractivity contribution in [1.82, 2.24) is 9.55 Å². The number of phenols is 1. The highest BCUT2D eigenvalue weighted by Crippen LogP contribution is 2.32. The van der Waals surface area contributed by atoms with Crippen molar-refractivity contribution in [2.75, 3.05) is 6.61 Å². The van der Waals surface area contributed by atoms with Crippen molar-refractivity contribution in [3.05, 3.63) is 61.0 Å². The molecule has 3 aromatic heterocycles. The maximum Gasteiger partial charge on any atom is 0.336 e. The lowest BCUT2D eigenvalue weighted by Crippen LogP contribution is -2.29. The van der Waals surface area contributed by atoms with Crippen LogP contribution in [-0.4, -0.2) is 27.4 Å². The maximum atomic E-state index is 13.6. The Morgan fingerprint density at radius 3 is 2.91 bits per heavy atom. The molecule has 0 aliphatic carbocycles. The van der Waals surface area contributed by atoms with E-state index in [-0.39, 0.29) is 17.4 Å². The van der Waals surface area contributed by atoms with E-state index in [2.05, 4.69) is 6.92 Å². The van der Waals surface area contributed by atoms with Crippen molar-refractivity contribution in [1.29, 1.82) is 0 Å². The molecule has 5 rings (SSSR count). The van der Waals surface area contributed by atoms with E-state index in [1.54, 1.807) is 28.0 Å². The minimum atomic E-state index is -0.481. The van der Waals surface area contributed by atoms with Gasteiger partial charge in [0.05, 0.1) is 18.0 Å². The van der Waals surface area contributed by atoms with Crippen molar-refractivity contribution in [3.63, 3.8) is 0 Å². The molecule has 1 fully saturated rings. The van der Waals surface area contributed by atoms with E-state index in [1.807, 2.05) is 6.92 Å². The summed E-state index contributed by atoms with van der Waals surface area (Å²) in [4.78, 5) is 32.5. The molecule has 7 nitrogen and oxygen atoms in total. The number of aromatic nitrogens is 2. The number of benzene rings is 1. The van der Waals surface area contributed by atoms with Gasteiger partial charge in [0.15, 0.2) is 5.16 Å². The number of rotatable bonds is 6. The van der Waals surface area contributed by atoms with Crippen LogP contribution in [0.2, 0.25) is 0 Å². The molecule has 0 radical (unpaired) electrons. The van der Waals surface area contributed by atoms with Gasteiger partial charge in [-0.25, -0.2) is 9.78 Å². The summed E-state index contributed by atoms with van der Waals surface area (Å²) in [5, 5.41) is 11.8. The van der Waals surface area contributed by atoms with Crippen molar-refractivity contribution in [2.24, 2.45) is 0 Å². The zero-order valence-corrected chi connectivity index (χ0v) is 20.1. The van der Waals surface area contributed by atoms with E-state index < -0.39 is 5.63 Å². The first-order valence-electron chi connectivity index (χ1n) is 11.0. The lowest BCUT2D eigenvalue weighted by atomic mass is 10.1. The van der Waals surface area contributed by atoms with E-state index in [4.69, 9.17) is 14.1 Å². The summed E-state index contributed by atoms with van der Waals surface area (Å²) in [6, 6.07) is 6.19. The number of ether oxygens (including phenoxy) is 1. The zero-order valence-electron chi connectivity index (χ0n) is 18.4. The van der Waals surface area contributed by atoms with Gasteiger partial charge in [0.1, 0.15) is 16.2 Å². The molecule has 1 unspecified atom stereocenters. The number of nitrogens with zero attached hydrogens (tertiary/aromatic N) is 2. The average Bonchev–Trinajstić information content (AvgIpc) is 3.40. The highest BCUT2D eigenvalue weighted by atomic mass is 32.2. The van der Waals surface area contributed by atoms with Crippen LogP contribution in [-0.2, 0) is 23.5 Å². The van der Waals surface area contributed by atoms with E-state index >= 15 is 0 Å². The average molecular weight is 485 g/mol. The molecule has 1 aliphatic rings. The SMILES string of the molecule is CCc1c(C)sc2nc(SCc3cc(=O)oc4cc(O)ccc34)n(CC3CCCO3)c(=O)c12. The molecular weight excluding hydrogens is 460 g/mol. The Morgan fingerprint density at radius 1 is 1.30 bits per heavy atom. The van der Waals surface area contributed by atoms with Crippen molar-refractivity contribution in [3.8, 4) is 5.75 Å². The molecule has 1 saturated heterocycles. The van der Waals surface area contributed by atoms with Crippen LogP contribution in [0.4, 0.5) is 0 Å². The monoisotopic (exact) mass is 484 g/mol. The lowest BCUT2D eigenvalue weighted by Gasteiger charge is -2.16. The first kappa shape index (κ1) is 22.2. The Balaban J connectivity index is 1.58. The molecule has 4 heterocycles. The van der Waals surface area contributed by atoms with Gasteiger partial charge in [0.25, 0.3) is 5.56 Å². The molecule has 1 aromatic carbocycles. The summed E-state index contributed by atoms with van der Waals surface area (Å²) in [7, 11) is 0. The molecule has 1 N–H and O–H groups in total. The molecular formula is C24H24N2O5S2. The number of thioether (sulfide) groups is 1. The fraction of sp³-hybridized carbons (Fsp3) is 0.375. The van der Waals surface area contributed by atoms with Gasteiger partial charge in [-0.2, -0.15) is 0 Å². The van der Waals surface area contributed by atoms with Crippen LogP contribution in [0.25, 0.3) is 21.2 Å². The quantitative estimate of drug-likeness (QED) is 0.243. The summed E-state index contributed by atoms with van der Waals surface area (Å²) in [6.45, 7) is 5.28. The van der Waals surface area contributed by atoms with Crippen LogP contribution in [0.15, 0.2) is 43.4 Å². The van der Waals surface area contributed by atoms with Crippen LogP contribution in [0.3, 0.4) is 0 Å². The normalized spacial score (nSPS) is 16.2. The molecule has 1 aliphatic heterocycles. The van der Waals surface area contributed by atoms with E-state index in [0.29, 0.717) is 35.0 Å². The lowest BCUT2D eigenvalue weighted by molar-refractivity contribution is 0.0937. The van der Waals surface area contributed by atoms with Gasteiger partial charge >= 0.3 is 5.63 Å². The number of aryl methyl sites for hydroxylation is 2. The van der Waals surface area contributed by atoms with E-state index in [9.17, 15) is 14.7 Å². The summed E-state index contributed by atoms with van der Waals surface area (Å²) < 4.78 is 12.8. The van der Waals surface area contributed by atoms with Crippen LogP contribution in [0.5, 0.6) is 5.75 Å². The minimum Gasteiger partial charge on any atom is -0.508 e. The maximum absolute atomic E-state index is 13.6. The third kappa shape index (κ3) is 4.20. The van der Waals surface area contributed by atoms with Gasteiger partial charge in [-0.3, -0.25) is 9.36 Å². The number of hydrogen-bond acceptors (Lipinski definition) is 8. The van der Waals surface area contributed by atoms with Crippen LogP contribution in [0, 0.1) is 6.92 Å². The van der Waals surface area contributed by atoms with Crippen LogP contribution >= 0.6 is 23.1 Å². The van der Waals surface area contributed by atoms with Crippen molar-refractivity contribution < 1.29 is 14.3 Å². The summed E-state index contributed by atoms with van der Waals surface area (Å²) in [6.07, 6.45) is 2.70. The van der Waals surface area contributed by atoms with Crippen LogP contribution in [0.1, 0.15) is 35.8 Å². The molecule has 0 bridgehead atoms. The third-order valence-corrected chi connectivity index (χ3v) is 8.08. The van der Waals surface area contributed by atoms with Gasteiger partial charge in [0.2, 0.25) is 0 Å². The zero-order chi connectivity index (χ0) is 23.1. The van der Waals surface area contributed by atoms with Crippen LogP contribution < -0.4 is 11.2 Å². The number of thiophene rings is 1. The summed E-state index contributed by atoms with van der Waals surface area (Å²) in [5.74, 6) is 0.467. The van der Waals surface area contributed by atoms with Crippen molar-refractivity contribution >= 4 is 44.3 Å². The number of fused-ring (bicyclic) bond motifs is 2. The molecule has 1 atom stereocenters. The van der Waals surface area contributed by atoms with Gasteiger partial charge in [-0.15, -0.1) is 11.3 Å². The van der Waals surface area contributed by atoms with Gasteiger partial charge < -0.3 is 14.3 Å². The smallest absolute Gasteiger partial charge is 0.336 e. The molecule has 9 heteroatoms. The second kappa shape index (κ2) is 8.96. The predicted molar refractivity (Wildman–Crippen MR) is 131 cm³/mol. The largest absolute Gasteiger partial charge is 0.508 e. The fourth-order valence-electron chi connectivity index (χ4n) is 4.40. The van der Waals surface area contributed by atoms with E-state index in [1.165, 1.54) is 23.9 Å². The highest BCUT2D eigenvalue weighted by molar-refractivity contribution is 7.98. The Bertz CT molecular complexity index is 1460. The van der Waals surface area contributed by atoms with Gasteiger partial charge in [-0.05, 0) is 49.4 Å². The Morgan fingerprint density at radius 2 is 2.15 bits per heavy atom. The fourth-order valence-corrected chi connectivity index (χ4v) is 6.55. The second-order valence-electron chi connectivity index (χ2n) is 8.18. The number of aromatic hydroxyl groups is 1. The van der Waals surface area contributed by atoms with Crippen molar-refractivity contribution in [2.45, 2.75) is 56.7 Å². The number of hydrogen-bond donors (Lipinski definition) is 1. The third-order valence-electron chi connectivity index (χ3n) is 6.01. The Labute approximate surface area is 198 Å². The molecule has 4 aromatic rings. The first-order chi connectivity index (χ1) is 15.9. The first-order valence-corrected chi connectivity index (χ1v) is 12.8. The molecule has 33 heavy (non-hydrogen) atoms. The Hall–Kier alpha value is -2.62. The van der Waals surface area contributed by atoms with Gasteiger partial charge in [-0.1, -0.05) is 18.7 Å². The highest BCUT2D eigenvalue weighted by Gasteiger charge is 2.23. The topological polar surface area (TPSA) is 94.6 Å². The molecule has 0 spiro atoms. The second-order valence-corrected chi connectivity index (χ2v) is 10.3. The molecule has 0 amide bonds. The standard InChI is InChI=1S/C24H24N2O5S2/c1-3-17-13(2)33-22-21(17)23(29)26(11-16-5-4-8-30-16)24(25-22)32-12-14-9-20(28)31-19-10-15(27)6-7-18(14)19/h6-7,9-10,16,27H,3-5,8,11-12H2,1-2H3. The summed E-state index contributed by atoms with van der Waals surface area (Å²) >= 11 is 2.97. The summed E-state index contributed by atoms with van der Waals surface area (Å²) in [5.41, 5.74) is 1.66. The van der Waals surface area contributed by atoms with Gasteiger partial charge in [0, 0.05) is 34.8 Å².